The van der Waals surface area contributed by atoms with Crippen molar-refractivity contribution >= 4 is 27.5 Å². The molecule has 116 valence electrons. The number of nitrogens with zero attached hydrogens (tertiary/aromatic N) is 2. The second-order valence-corrected chi connectivity index (χ2v) is 5.65. The van der Waals surface area contributed by atoms with Crippen molar-refractivity contribution in [2.75, 3.05) is 45.4 Å². The van der Waals surface area contributed by atoms with E-state index in [1.54, 1.807) is 18.4 Å². The predicted molar refractivity (Wildman–Crippen MR) is 84.5 cm³/mol. The van der Waals surface area contributed by atoms with E-state index in [1.807, 2.05) is 6.92 Å². The highest BCUT2D eigenvalue weighted by Crippen LogP contribution is 2.30. The molecule has 2 rings (SSSR count). The summed E-state index contributed by atoms with van der Waals surface area (Å²) in [7, 11) is 1.65. The Kier molecular flexibility index (Phi) is 6.16. The Bertz CT molecular complexity index is 574. The number of anilines is 1. The van der Waals surface area contributed by atoms with Gasteiger partial charge in [-0.2, -0.15) is 4.98 Å². The molecule has 7 heteroatoms. The van der Waals surface area contributed by atoms with E-state index in [9.17, 15) is 0 Å². The van der Waals surface area contributed by atoms with Crippen molar-refractivity contribution in [1.82, 2.24) is 9.97 Å². The van der Waals surface area contributed by atoms with E-state index < -0.39 is 0 Å². The fourth-order valence-corrected chi connectivity index (χ4v) is 2.67. The summed E-state index contributed by atoms with van der Waals surface area (Å²) >= 11 is 1.64. The molecule has 0 saturated heterocycles. The zero-order valence-corrected chi connectivity index (χ0v) is 13.5. The van der Waals surface area contributed by atoms with Gasteiger partial charge >= 0.3 is 0 Å². The lowest BCUT2D eigenvalue weighted by Crippen LogP contribution is -2.11. The second kappa shape index (κ2) is 8.11. The molecule has 0 atom stereocenters. The minimum atomic E-state index is 0.455. The average Bonchev–Trinajstić information content (AvgIpc) is 2.83. The first-order valence-electron chi connectivity index (χ1n) is 6.96. The maximum atomic E-state index is 5.75. The van der Waals surface area contributed by atoms with Gasteiger partial charge in [-0.3, -0.25) is 0 Å². The maximum absolute atomic E-state index is 5.75. The van der Waals surface area contributed by atoms with Gasteiger partial charge in [0.15, 0.2) is 0 Å². The van der Waals surface area contributed by atoms with E-state index in [-0.39, 0.29) is 0 Å². The number of hydrogen-bond donors (Lipinski definition) is 1. The van der Waals surface area contributed by atoms with Crippen LogP contribution < -0.4 is 10.1 Å². The van der Waals surface area contributed by atoms with Crippen LogP contribution in [-0.4, -0.2) is 50.1 Å². The van der Waals surface area contributed by atoms with Crippen molar-refractivity contribution < 1.29 is 14.2 Å². The molecule has 0 aliphatic rings. The summed E-state index contributed by atoms with van der Waals surface area (Å²) in [5.74, 6) is 1.21. The van der Waals surface area contributed by atoms with Crippen molar-refractivity contribution in [2.24, 2.45) is 0 Å². The van der Waals surface area contributed by atoms with Gasteiger partial charge in [0, 0.05) is 18.5 Å². The van der Waals surface area contributed by atoms with Crippen LogP contribution in [0.1, 0.15) is 11.8 Å². The molecule has 2 aromatic heterocycles. The quantitative estimate of drug-likeness (QED) is 0.718. The van der Waals surface area contributed by atoms with Crippen LogP contribution in [0.4, 0.5) is 5.95 Å². The van der Waals surface area contributed by atoms with Gasteiger partial charge in [-0.05, 0) is 19.9 Å². The Morgan fingerprint density at radius 3 is 2.76 bits per heavy atom. The van der Waals surface area contributed by atoms with Gasteiger partial charge in [0.05, 0.1) is 25.2 Å². The van der Waals surface area contributed by atoms with Crippen LogP contribution in [0.15, 0.2) is 6.07 Å². The van der Waals surface area contributed by atoms with E-state index in [0.717, 1.165) is 16.8 Å². The number of fused-ring (bicyclic) bond motifs is 1. The van der Waals surface area contributed by atoms with Crippen molar-refractivity contribution in [3.05, 3.63) is 10.9 Å². The Balaban J connectivity index is 2.02. The number of methoxy groups -OCH3 is 1. The first-order chi connectivity index (χ1) is 10.2. The Morgan fingerprint density at radius 1 is 1.19 bits per heavy atom. The van der Waals surface area contributed by atoms with Crippen LogP contribution >= 0.6 is 11.3 Å². The average molecular weight is 311 g/mol. The molecule has 0 saturated carbocycles. The molecule has 21 heavy (non-hydrogen) atoms. The van der Waals surface area contributed by atoms with E-state index >= 15 is 0 Å². The number of nitrogens with one attached hydrogen (secondary N) is 1. The highest BCUT2D eigenvalue weighted by Gasteiger charge is 2.11. The van der Waals surface area contributed by atoms with E-state index in [0.29, 0.717) is 38.3 Å². The lowest BCUT2D eigenvalue weighted by molar-refractivity contribution is 0.0540. The third kappa shape index (κ3) is 4.52. The Hall–Kier alpha value is -1.44. The van der Waals surface area contributed by atoms with Crippen LogP contribution in [0, 0.1) is 6.92 Å². The molecular weight excluding hydrogens is 290 g/mol. The largest absolute Gasteiger partial charge is 0.475 e. The molecule has 0 spiro atoms. The number of aromatic nitrogens is 2. The fourth-order valence-electron chi connectivity index (χ4n) is 1.80. The molecule has 2 aromatic rings. The molecule has 0 aromatic carbocycles. The number of aryl methyl sites for hydroxylation is 1. The monoisotopic (exact) mass is 311 g/mol. The van der Waals surface area contributed by atoms with Gasteiger partial charge in [-0.15, -0.1) is 11.3 Å². The summed E-state index contributed by atoms with van der Waals surface area (Å²) in [4.78, 5) is 11.0. The van der Waals surface area contributed by atoms with Crippen molar-refractivity contribution in [1.29, 1.82) is 0 Å². The zero-order valence-electron chi connectivity index (χ0n) is 12.6. The zero-order chi connectivity index (χ0) is 15.1. The number of rotatable bonds is 9. The molecule has 0 fully saturated rings. The predicted octanol–water partition coefficient (Wildman–Crippen LogP) is 2.47. The van der Waals surface area contributed by atoms with Crippen molar-refractivity contribution in [2.45, 2.75) is 13.8 Å². The molecule has 0 aliphatic heterocycles. The summed E-state index contributed by atoms with van der Waals surface area (Å²) in [6, 6.07) is 2.05. The van der Waals surface area contributed by atoms with Crippen molar-refractivity contribution in [3.8, 4) is 5.88 Å². The second-order valence-electron chi connectivity index (χ2n) is 4.41. The first-order valence-corrected chi connectivity index (χ1v) is 7.77. The molecule has 2 heterocycles. The van der Waals surface area contributed by atoms with E-state index in [4.69, 9.17) is 14.2 Å². The number of hydrogen-bond acceptors (Lipinski definition) is 7. The normalized spacial score (nSPS) is 11.0. The lowest BCUT2D eigenvalue weighted by Gasteiger charge is -2.09. The highest BCUT2D eigenvalue weighted by atomic mass is 32.1. The van der Waals surface area contributed by atoms with Gasteiger partial charge in [0.25, 0.3) is 0 Å². The van der Waals surface area contributed by atoms with Crippen LogP contribution in [-0.2, 0) is 9.47 Å². The molecule has 1 N–H and O–H groups in total. The van der Waals surface area contributed by atoms with Crippen molar-refractivity contribution in [3.63, 3.8) is 0 Å². The fraction of sp³-hybridized carbons (Fsp3) is 0.571. The van der Waals surface area contributed by atoms with Gasteiger partial charge < -0.3 is 19.5 Å². The molecule has 0 radical (unpaired) electrons. The van der Waals surface area contributed by atoms with Crippen LogP contribution in [0.2, 0.25) is 0 Å². The van der Waals surface area contributed by atoms with E-state index in [1.165, 1.54) is 4.88 Å². The maximum Gasteiger partial charge on any atom is 0.227 e. The lowest BCUT2D eigenvalue weighted by atomic mass is 10.3. The summed E-state index contributed by atoms with van der Waals surface area (Å²) in [5.41, 5.74) is 0. The standard InChI is InChI=1S/C14H21N3O3S/c1-4-15-14-16-12(20-8-7-19-6-5-18-3)11-9-10(2)21-13(11)17-14/h9H,4-8H2,1-3H3,(H,15,16,17). The summed E-state index contributed by atoms with van der Waals surface area (Å²) < 4.78 is 16.1. The summed E-state index contributed by atoms with van der Waals surface area (Å²) in [5, 5.41) is 4.08. The molecule has 0 aliphatic carbocycles. The van der Waals surface area contributed by atoms with Crippen LogP contribution in [0.5, 0.6) is 5.88 Å². The smallest absolute Gasteiger partial charge is 0.227 e. The molecule has 6 nitrogen and oxygen atoms in total. The summed E-state index contributed by atoms with van der Waals surface area (Å²) in [6.07, 6.45) is 0. The molecule has 0 amide bonds. The van der Waals surface area contributed by atoms with E-state index in [2.05, 4.69) is 28.3 Å². The topological polar surface area (TPSA) is 65.5 Å². The van der Waals surface area contributed by atoms with Gasteiger partial charge in [-0.25, -0.2) is 4.98 Å². The van der Waals surface area contributed by atoms with Gasteiger partial charge in [0.1, 0.15) is 11.4 Å². The Morgan fingerprint density at radius 2 is 2.00 bits per heavy atom. The van der Waals surface area contributed by atoms with Crippen LogP contribution in [0.25, 0.3) is 10.2 Å². The third-order valence-corrected chi connectivity index (χ3v) is 3.66. The highest BCUT2D eigenvalue weighted by molar-refractivity contribution is 7.18. The SMILES string of the molecule is CCNc1nc(OCCOCCOC)c2cc(C)sc2n1. The molecular formula is C14H21N3O3S. The third-order valence-electron chi connectivity index (χ3n) is 2.71. The first kappa shape index (κ1) is 15.9. The van der Waals surface area contributed by atoms with Gasteiger partial charge in [0.2, 0.25) is 11.8 Å². The molecule has 0 unspecified atom stereocenters. The minimum absolute atomic E-state index is 0.455. The Labute approximate surface area is 128 Å². The number of thiophene rings is 1. The van der Waals surface area contributed by atoms with Crippen LogP contribution in [0.3, 0.4) is 0 Å². The summed E-state index contributed by atoms with van der Waals surface area (Å²) in [6.45, 7) is 6.96. The molecule has 0 bridgehead atoms. The number of ether oxygens (including phenoxy) is 3. The van der Waals surface area contributed by atoms with Gasteiger partial charge in [-0.1, -0.05) is 0 Å². The minimum Gasteiger partial charge on any atom is -0.475 e.